The first-order valence-electron chi connectivity index (χ1n) is 8.49. The largest absolute Gasteiger partial charge is 0.494 e. The molecule has 0 spiro atoms. The molecule has 0 saturated heterocycles. The van der Waals surface area contributed by atoms with E-state index >= 15 is 0 Å². The maximum absolute atomic E-state index is 12.0. The van der Waals surface area contributed by atoms with Crippen LogP contribution in [0, 0.1) is 11.3 Å². The summed E-state index contributed by atoms with van der Waals surface area (Å²) in [4.78, 5) is 35.5. The van der Waals surface area contributed by atoms with Gasteiger partial charge in [-0.05, 0) is 43.3 Å². The van der Waals surface area contributed by atoms with E-state index in [2.05, 4.69) is 10.6 Å². The van der Waals surface area contributed by atoms with Crippen molar-refractivity contribution in [2.45, 2.75) is 6.92 Å². The fraction of sp³-hybridized carbons (Fsp3) is 0.200. The number of rotatable bonds is 8. The summed E-state index contributed by atoms with van der Waals surface area (Å²) in [6.45, 7) is 1.47. The molecule has 2 N–H and O–H groups in total. The first-order chi connectivity index (χ1) is 13.5. The highest BCUT2D eigenvalue weighted by Gasteiger charge is 2.12. The molecule has 8 nitrogen and oxygen atoms in total. The Labute approximate surface area is 162 Å². The van der Waals surface area contributed by atoms with Crippen molar-refractivity contribution in [2.75, 3.05) is 25.1 Å². The van der Waals surface area contributed by atoms with Crippen molar-refractivity contribution in [1.29, 1.82) is 5.26 Å². The molecule has 8 heteroatoms. The number of para-hydroxylation sites is 1. The molecular formula is C20H19N3O5. The SMILES string of the molecule is CCOc1ccc(C(=O)NCC(=O)OCC(=O)Nc2ccccc2C#N)cc1. The van der Waals surface area contributed by atoms with Gasteiger partial charge in [0.2, 0.25) is 0 Å². The zero-order chi connectivity index (χ0) is 20.4. The number of carbonyl (C=O) groups excluding carboxylic acids is 3. The van der Waals surface area contributed by atoms with Crippen molar-refractivity contribution in [3.63, 3.8) is 0 Å². The third kappa shape index (κ3) is 6.14. The molecule has 0 aliphatic heterocycles. The summed E-state index contributed by atoms with van der Waals surface area (Å²) in [6.07, 6.45) is 0. The summed E-state index contributed by atoms with van der Waals surface area (Å²) in [6, 6.07) is 14.9. The molecule has 0 aromatic heterocycles. The second kappa shape index (κ2) is 10.3. The van der Waals surface area contributed by atoms with Crippen LogP contribution in [-0.2, 0) is 14.3 Å². The van der Waals surface area contributed by atoms with Gasteiger partial charge in [-0.25, -0.2) is 0 Å². The zero-order valence-corrected chi connectivity index (χ0v) is 15.2. The van der Waals surface area contributed by atoms with Gasteiger partial charge < -0.3 is 20.1 Å². The number of nitrogens with zero attached hydrogens (tertiary/aromatic N) is 1. The summed E-state index contributed by atoms with van der Waals surface area (Å²) in [5, 5.41) is 13.9. The number of nitriles is 1. The fourth-order valence-corrected chi connectivity index (χ4v) is 2.20. The van der Waals surface area contributed by atoms with Gasteiger partial charge >= 0.3 is 5.97 Å². The van der Waals surface area contributed by atoms with Crippen molar-refractivity contribution < 1.29 is 23.9 Å². The van der Waals surface area contributed by atoms with Crippen LogP contribution in [0.15, 0.2) is 48.5 Å². The summed E-state index contributed by atoms with van der Waals surface area (Å²) in [5.74, 6) is -1.16. The number of esters is 1. The van der Waals surface area contributed by atoms with Crippen LogP contribution in [0.25, 0.3) is 0 Å². The van der Waals surface area contributed by atoms with Gasteiger partial charge in [0.25, 0.3) is 11.8 Å². The Bertz CT molecular complexity index is 887. The highest BCUT2D eigenvalue weighted by molar-refractivity contribution is 5.97. The quantitative estimate of drug-likeness (QED) is 0.674. The predicted octanol–water partition coefficient (Wildman–Crippen LogP) is 1.87. The molecule has 0 atom stereocenters. The lowest BCUT2D eigenvalue weighted by Crippen LogP contribution is -2.32. The molecule has 0 bridgehead atoms. The van der Waals surface area contributed by atoms with Gasteiger partial charge in [0.1, 0.15) is 18.4 Å². The third-order valence-corrected chi connectivity index (χ3v) is 3.51. The van der Waals surface area contributed by atoms with Crippen molar-refractivity contribution in [2.24, 2.45) is 0 Å². The number of benzene rings is 2. The molecule has 0 aliphatic carbocycles. The summed E-state index contributed by atoms with van der Waals surface area (Å²) in [7, 11) is 0. The Morgan fingerprint density at radius 2 is 1.79 bits per heavy atom. The van der Waals surface area contributed by atoms with Crippen LogP contribution in [0.3, 0.4) is 0 Å². The van der Waals surface area contributed by atoms with E-state index in [1.54, 1.807) is 48.5 Å². The Kier molecular flexibility index (Phi) is 7.54. The molecule has 144 valence electrons. The van der Waals surface area contributed by atoms with E-state index < -0.39 is 24.4 Å². The number of hydrogen-bond acceptors (Lipinski definition) is 6. The van der Waals surface area contributed by atoms with Gasteiger partial charge in [0.15, 0.2) is 6.61 Å². The third-order valence-electron chi connectivity index (χ3n) is 3.51. The topological polar surface area (TPSA) is 118 Å². The average molecular weight is 381 g/mol. The van der Waals surface area contributed by atoms with E-state index in [0.29, 0.717) is 29.2 Å². The molecule has 0 saturated carbocycles. The lowest BCUT2D eigenvalue weighted by Gasteiger charge is -2.09. The first kappa shape index (κ1) is 20.5. The van der Waals surface area contributed by atoms with Crippen molar-refractivity contribution in [1.82, 2.24) is 5.32 Å². The minimum absolute atomic E-state index is 0.296. The van der Waals surface area contributed by atoms with Crippen LogP contribution in [0.4, 0.5) is 5.69 Å². The normalized spacial score (nSPS) is 9.71. The molecule has 2 aromatic rings. The van der Waals surface area contributed by atoms with Gasteiger partial charge in [-0.15, -0.1) is 0 Å². The molecule has 0 heterocycles. The number of amides is 2. The molecular weight excluding hydrogens is 362 g/mol. The lowest BCUT2D eigenvalue weighted by molar-refractivity contribution is -0.146. The molecule has 0 fully saturated rings. The molecule has 28 heavy (non-hydrogen) atoms. The van der Waals surface area contributed by atoms with Crippen LogP contribution in [-0.4, -0.2) is 37.5 Å². The highest BCUT2D eigenvalue weighted by Crippen LogP contribution is 2.13. The standard InChI is InChI=1S/C20H19N3O5/c1-2-27-16-9-7-14(8-10-16)20(26)22-12-19(25)28-13-18(24)23-17-6-4-3-5-15(17)11-21/h3-10H,2,12-13H2,1H3,(H,22,26)(H,23,24). The van der Waals surface area contributed by atoms with Crippen molar-refractivity contribution >= 4 is 23.5 Å². The van der Waals surface area contributed by atoms with E-state index in [-0.39, 0.29) is 6.54 Å². The Balaban J connectivity index is 1.75. The molecule has 2 aromatic carbocycles. The second-order valence-corrected chi connectivity index (χ2v) is 5.51. The molecule has 0 radical (unpaired) electrons. The van der Waals surface area contributed by atoms with Gasteiger partial charge in [-0.3, -0.25) is 14.4 Å². The number of ether oxygens (including phenoxy) is 2. The minimum Gasteiger partial charge on any atom is -0.494 e. The minimum atomic E-state index is -0.761. The lowest BCUT2D eigenvalue weighted by atomic mass is 10.2. The summed E-state index contributed by atoms with van der Waals surface area (Å²) < 4.78 is 10.1. The van der Waals surface area contributed by atoms with Gasteiger partial charge in [-0.1, -0.05) is 12.1 Å². The smallest absolute Gasteiger partial charge is 0.325 e. The van der Waals surface area contributed by atoms with Crippen LogP contribution in [0.2, 0.25) is 0 Å². The molecule has 0 aliphatic rings. The molecule has 0 unspecified atom stereocenters. The van der Waals surface area contributed by atoms with E-state index in [1.807, 2.05) is 13.0 Å². The van der Waals surface area contributed by atoms with Crippen molar-refractivity contribution in [3.8, 4) is 11.8 Å². The summed E-state index contributed by atoms with van der Waals surface area (Å²) in [5.41, 5.74) is 0.988. The summed E-state index contributed by atoms with van der Waals surface area (Å²) >= 11 is 0. The number of hydrogen-bond donors (Lipinski definition) is 2. The Morgan fingerprint density at radius 1 is 1.07 bits per heavy atom. The van der Waals surface area contributed by atoms with Crippen LogP contribution < -0.4 is 15.4 Å². The van der Waals surface area contributed by atoms with E-state index in [0.717, 1.165) is 0 Å². The monoisotopic (exact) mass is 381 g/mol. The average Bonchev–Trinajstić information content (AvgIpc) is 2.71. The predicted molar refractivity (Wildman–Crippen MR) is 101 cm³/mol. The fourth-order valence-electron chi connectivity index (χ4n) is 2.20. The number of anilines is 1. The van der Waals surface area contributed by atoms with Gasteiger partial charge in [0.05, 0.1) is 17.9 Å². The van der Waals surface area contributed by atoms with E-state index in [1.165, 1.54) is 0 Å². The zero-order valence-electron chi connectivity index (χ0n) is 15.2. The van der Waals surface area contributed by atoms with Gasteiger partial charge in [-0.2, -0.15) is 5.26 Å². The highest BCUT2D eigenvalue weighted by atomic mass is 16.5. The Morgan fingerprint density at radius 3 is 2.46 bits per heavy atom. The first-order valence-corrected chi connectivity index (χ1v) is 8.49. The van der Waals surface area contributed by atoms with E-state index in [9.17, 15) is 14.4 Å². The van der Waals surface area contributed by atoms with Crippen LogP contribution in [0.1, 0.15) is 22.8 Å². The van der Waals surface area contributed by atoms with Gasteiger partial charge in [0, 0.05) is 5.56 Å². The maximum Gasteiger partial charge on any atom is 0.325 e. The molecule has 2 rings (SSSR count). The van der Waals surface area contributed by atoms with Crippen LogP contribution in [0.5, 0.6) is 5.75 Å². The van der Waals surface area contributed by atoms with Crippen molar-refractivity contribution in [3.05, 3.63) is 59.7 Å². The van der Waals surface area contributed by atoms with E-state index in [4.69, 9.17) is 14.7 Å². The maximum atomic E-state index is 12.0. The second-order valence-electron chi connectivity index (χ2n) is 5.51. The Hall–Kier alpha value is -3.86. The number of carbonyl (C=O) groups is 3. The number of nitrogens with one attached hydrogen (secondary N) is 2. The van der Waals surface area contributed by atoms with Crippen LogP contribution >= 0.6 is 0 Å². The molecule has 2 amide bonds.